The van der Waals surface area contributed by atoms with Crippen LogP contribution in [0, 0.1) is 0 Å². The van der Waals surface area contributed by atoms with Gasteiger partial charge in [0.1, 0.15) is 16.9 Å². The molecule has 4 nitrogen and oxygen atoms in total. The normalized spacial score (nSPS) is 12.8. The Morgan fingerprint density at radius 1 is 1.30 bits per heavy atom. The van der Waals surface area contributed by atoms with Crippen LogP contribution in [0.15, 0.2) is 9.27 Å². The number of aromatic amines is 1. The average molecular weight is 357 g/mol. The van der Waals surface area contributed by atoms with Gasteiger partial charge in [0.25, 0.3) is 5.56 Å². The Morgan fingerprint density at radius 2 is 1.90 bits per heavy atom. The molecule has 0 radical (unpaired) electrons. The van der Waals surface area contributed by atoms with Crippen molar-refractivity contribution in [2.45, 2.75) is 38.8 Å². The zero-order valence-corrected chi connectivity index (χ0v) is 13.0. The van der Waals surface area contributed by atoms with Crippen LogP contribution in [-0.4, -0.2) is 29.4 Å². The first-order valence-corrected chi connectivity index (χ1v) is 6.73. The van der Waals surface area contributed by atoms with E-state index in [2.05, 4.69) is 30.6 Å². The fraction of sp³-hybridized carbons (Fsp3) is 0.667. The van der Waals surface area contributed by atoms with Gasteiger partial charge in [0.05, 0.1) is 12.3 Å². The number of hydrogen-bond donors (Lipinski definition) is 1. The summed E-state index contributed by atoms with van der Waals surface area (Å²) in [6.07, 6.45) is -4.24. The van der Waals surface area contributed by atoms with Crippen molar-refractivity contribution in [2.24, 2.45) is 0 Å². The van der Waals surface area contributed by atoms with Crippen molar-refractivity contribution in [3.05, 3.63) is 26.3 Å². The zero-order valence-electron chi connectivity index (χ0n) is 11.4. The Balaban J connectivity index is 2.78. The van der Waals surface area contributed by atoms with Gasteiger partial charge >= 0.3 is 6.18 Å². The highest BCUT2D eigenvalue weighted by Crippen LogP contribution is 2.25. The number of nitrogens with zero attached hydrogens (tertiary/aromatic N) is 1. The Morgan fingerprint density at radius 3 is 2.40 bits per heavy atom. The van der Waals surface area contributed by atoms with Crippen LogP contribution in [0.25, 0.3) is 0 Å². The highest BCUT2D eigenvalue weighted by atomic mass is 79.9. The molecule has 0 aliphatic carbocycles. The van der Waals surface area contributed by atoms with Crippen LogP contribution in [0.1, 0.15) is 32.3 Å². The molecule has 0 saturated heterocycles. The quantitative estimate of drug-likeness (QED) is 0.843. The van der Waals surface area contributed by atoms with E-state index < -0.39 is 12.8 Å². The smallest absolute Gasteiger partial charge is 0.372 e. The van der Waals surface area contributed by atoms with Gasteiger partial charge in [-0.1, -0.05) is 20.8 Å². The Hall–Kier alpha value is -0.890. The standard InChI is InChI=1S/C12H16BrF3N2O2/c1-11(2,3)9-8(13)10(19)18-7(17-9)4-5-20-6-12(14,15)16/h4-6H2,1-3H3,(H,17,18,19). The first-order chi connectivity index (χ1) is 9.00. The van der Waals surface area contributed by atoms with E-state index in [1.165, 1.54) is 0 Å². The SMILES string of the molecule is CC(C)(C)c1nc(CCOCC(F)(F)F)[nH]c(=O)c1Br. The van der Waals surface area contributed by atoms with Crippen LogP contribution in [0.4, 0.5) is 13.2 Å². The molecule has 0 aliphatic rings. The second kappa shape index (κ2) is 6.26. The van der Waals surface area contributed by atoms with Gasteiger partial charge in [-0.25, -0.2) is 4.98 Å². The largest absolute Gasteiger partial charge is 0.411 e. The molecule has 0 atom stereocenters. The molecule has 0 unspecified atom stereocenters. The molecule has 1 rings (SSSR count). The summed E-state index contributed by atoms with van der Waals surface area (Å²) < 4.78 is 40.6. The number of aromatic nitrogens is 2. The number of alkyl halides is 3. The van der Waals surface area contributed by atoms with E-state index in [1.807, 2.05) is 20.8 Å². The lowest BCUT2D eigenvalue weighted by atomic mass is 9.92. The van der Waals surface area contributed by atoms with E-state index in [0.29, 0.717) is 16.0 Å². The van der Waals surface area contributed by atoms with Crippen LogP contribution in [-0.2, 0) is 16.6 Å². The van der Waals surface area contributed by atoms with Crippen LogP contribution in [0.5, 0.6) is 0 Å². The Bertz CT molecular complexity index is 521. The van der Waals surface area contributed by atoms with Crippen molar-refractivity contribution in [1.82, 2.24) is 9.97 Å². The number of hydrogen-bond acceptors (Lipinski definition) is 3. The van der Waals surface area contributed by atoms with E-state index >= 15 is 0 Å². The van der Waals surface area contributed by atoms with Crippen molar-refractivity contribution in [1.29, 1.82) is 0 Å². The molecule has 1 aromatic rings. The van der Waals surface area contributed by atoms with E-state index in [4.69, 9.17) is 0 Å². The third-order valence-electron chi connectivity index (χ3n) is 2.37. The van der Waals surface area contributed by atoms with Gasteiger partial charge in [0.2, 0.25) is 0 Å². The van der Waals surface area contributed by atoms with Crippen molar-refractivity contribution >= 4 is 15.9 Å². The molecule has 0 spiro atoms. The zero-order chi connectivity index (χ0) is 15.6. The molecule has 1 heterocycles. The van der Waals surface area contributed by atoms with Crippen LogP contribution >= 0.6 is 15.9 Å². The van der Waals surface area contributed by atoms with Gasteiger partial charge in [0, 0.05) is 11.8 Å². The lowest BCUT2D eigenvalue weighted by Gasteiger charge is -2.19. The molecule has 1 aromatic heterocycles. The Labute approximate surface area is 122 Å². The number of H-pyrrole nitrogens is 1. The molecule has 0 aromatic carbocycles. The first-order valence-electron chi connectivity index (χ1n) is 5.94. The van der Waals surface area contributed by atoms with Crippen molar-refractivity contribution in [2.75, 3.05) is 13.2 Å². The summed E-state index contributed by atoms with van der Waals surface area (Å²) >= 11 is 3.17. The molecule has 8 heteroatoms. The summed E-state index contributed by atoms with van der Waals surface area (Å²) in [7, 11) is 0. The third-order valence-corrected chi connectivity index (χ3v) is 3.11. The highest BCUT2D eigenvalue weighted by Gasteiger charge is 2.27. The van der Waals surface area contributed by atoms with Crippen LogP contribution < -0.4 is 5.56 Å². The molecular formula is C12H16BrF3N2O2. The molecule has 0 aliphatic heterocycles. The lowest BCUT2D eigenvalue weighted by Crippen LogP contribution is -2.24. The van der Waals surface area contributed by atoms with Crippen molar-refractivity contribution in [3.8, 4) is 0 Å². The van der Waals surface area contributed by atoms with E-state index in [0.717, 1.165) is 0 Å². The summed E-state index contributed by atoms with van der Waals surface area (Å²) in [4.78, 5) is 18.5. The molecule has 0 saturated carbocycles. The average Bonchev–Trinajstić information content (AvgIpc) is 2.26. The highest BCUT2D eigenvalue weighted by molar-refractivity contribution is 9.10. The minimum Gasteiger partial charge on any atom is -0.372 e. The summed E-state index contributed by atoms with van der Waals surface area (Å²) in [5.41, 5.74) is -0.142. The maximum atomic E-state index is 11.9. The van der Waals surface area contributed by atoms with Gasteiger partial charge < -0.3 is 9.72 Å². The maximum absolute atomic E-state index is 11.9. The van der Waals surface area contributed by atoms with Gasteiger partial charge in [-0.3, -0.25) is 4.79 Å². The molecular weight excluding hydrogens is 341 g/mol. The molecule has 0 bridgehead atoms. The second-order valence-electron chi connectivity index (χ2n) is 5.34. The predicted molar refractivity (Wildman–Crippen MR) is 71.8 cm³/mol. The first kappa shape index (κ1) is 17.2. The number of ether oxygens (including phenoxy) is 1. The van der Waals surface area contributed by atoms with Gasteiger partial charge in [0.15, 0.2) is 0 Å². The minimum absolute atomic E-state index is 0.113. The summed E-state index contributed by atoms with van der Waals surface area (Å²) in [5, 5.41) is 0. The van der Waals surface area contributed by atoms with E-state index in [9.17, 15) is 18.0 Å². The fourth-order valence-electron chi connectivity index (χ4n) is 1.48. The van der Waals surface area contributed by atoms with Gasteiger partial charge in [-0.15, -0.1) is 0 Å². The number of halogens is 4. The van der Waals surface area contributed by atoms with Crippen LogP contribution in [0.2, 0.25) is 0 Å². The molecule has 1 N–H and O–H groups in total. The van der Waals surface area contributed by atoms with E-state index in [1.54, 1.807) is 0 Å². The third kappa shape index (κ3) is 5.24. The van der Waals surface area contributed by atoms with Crippen molar-refractivity contribution < 1.29 is 17.9 Å². The molecule has 20 heavy (non-hydrogen) atoms. The predicted octanol–water partition coefficient (Wildman–Crippen LogP) is 2.95. The number of rotatable bonds is 4. The number of nitrogens with one attached hydrogen (secondary N) is 1. The summed E-state index contributed by atoms with van der Waals surface area (Å²) in [5.74, 6) is 0.310. The Kier molecular flexibility index (Phi) is 5.37. The molecule has 0 fully saturated rings. The summed E-state index contributed by atoms with van der Waals surface area (Å²) in [6.45, 7) is 4.21. The maximum Gasteiger partial charge on any atom is 0.411 e. The molecule has 0 amide bonds. The second-order valence-corrected chi connectivity index (χ2v) is 6.14. The lowest BCUT2D eigenvalue weighted by molar-refractivity contribution is -0.173. The summed E-state index contributed by atoms with van der Waals surface area (Å²) in [6, 6.07) is 0. The van der Waals surface area contributed by atoms with Gasteiger partial charge in [-0.05, 0) is 15.9 Å². The van der Waals surface area contributed by atoms with Crippen LogP contribution in [0.3, 0.4) is 0 Å². The monoisotopic (exact) mass is 356 g/mol. The van der Waals surface area contributed by atoms with E-state index in [-0.39, 0.29) is 24.0 Å². The molecule has 114 valence electrons. The topological polar surface area (TPSA) is 55.0 Å². The van der Waals surface area contributed by atoms with Crippen molar-refractivity contribution in [3.63, 3.8) is 0 Å². The minimum atomic E-state index is -4.35. The van der Waals surface area contributed by atoms with Gasteiger partial charge in [-0.2, -0.15) is 13.2 Å². The fourth-order valence-corrected chi connectivity index (χ4v) is 2.26.